The van der Waals surface area contributed by atoms with Crippen molar-refractivity contribution < 1.29 is 14.3 Å². The van der Waals surface area contributed by atoms with Gasteiger partial charge in [-0.1, -0.05) is 48.9 Å². The first-order valence-electron chi connectivity index (χ1n) is 5.17. The van der Waals surface area contributed by atoms with Crippen LogP contribution in [0.25, 0.3) is 0 Å². The lowest BCUT2D eigenvalue weighted by molar-refractivity contribution is -0.145. The van der Waals surface area contributed by atoms with Gasteiger partial charge in [-0.15, -0.1) is 0 Å². The van der Waals surface area contributed by atoms with Gasteiger partial charge in [0.05, 0.1) is 6.61 Å². The maximum atomic E-state index is 10.9. The molecule has 0 aliphatic rings. The van der Waals surface area contributed by atoms with Crippen LogP contribution in [0.3, 0.4) is 0 Å². The van der Waals surface area contributed by atoms with Crippen molar-refractivity contribution in [3.05, 3.63) is 35.9 Å². The molecule has 1 atom stereocenters. The third-order valence-electron chi connectivity index (χ3n) is 1.94. The van der Waals surface area contributed by atoms with Gasteiger partial charge in [-0.25, -0.2) is 0 Å². The first-order chi connectivity index (χ1) is 7.72. The summed E-state index contributed by atoms with van der Waals surface area (Å²) in [6.45, 7) is 2.23. The molecule has 1 unspecified atom stereocenters. The highest BCUT2D eigenvalue weighted by atomic mass is 35.5. The zero-order valence-electron chi connectivity index (χ0n) is 9.19. The number of carbonyl (C=O) groups is 1. The van der Waals surface area contributed by atoms with Crippen molar-refractivity contribution in [1.82, 2.24) is 0 Å². The molecule has 3 nitrogen and oxygen atoms in total. The molecule has 0 saturated heterocycles. The molecule has 16 heavy (non-hydrogen) atoms. The van der Waals surface area contributed by atoms with E-state index in [2.05, 4.69) is 0 Å². The molecule has 0 fully saturated rings. The maximum Gasteiger partial charge on any atom is 0.305 e. The van der Waals surface area contributed by atoms with Crippen molar-refractivity contribution in [2.45, 2.75) is 25.5 Å². The van der Waals surface area contributed by atoms with Crippen LogP contribution in [0.2, 0.25) is 0 Å². The summed E-state index contributed by atoms with van der Waals surface area (Å²) in [4.78, 5) is 10.9. The Bertz CT molecular complexity index is 313. The molecular weight excluding hydrogens is 228 g/mol. The van der Waals surface area contributed by atoms with E-state index >= 15 is 0 Å². The average molecular weight is 243 g/mol. The molecule has 0 bridgehead atoms. The SMILES string of the molecule is CCC(=O)OCC(Cl)OCc1ccccc1. The van der Waals surface area contributed by atoms with Crippen molar-refractivity contribution >= 4 is 17.6 Å². The van der Waals surface area contributed by atoms with Gasteiger partial charge in [0.15, 0.2) is 5.56 Å². The van der Waals surface area contributed by atoms with Gasteiger partial charge in [0, 0.05) is 6.42 Å². The summed E-state index contributed by atoms with van der Waals surface area (Å²) >= 11 is 5.83. The minimum absolute atomic E-state index is 0.0844. The van der Waals surface area contributed by atoms with E-state index in [1.807, 2.05) is 30.3 Å². The molecule has 0 N–H and O–H groups in total. The van der Waals surface area contributed by atoms with E-state index in [4.69, 9.17) is 21.1 Å². The van der Waals surface area contributed by atoms with Gasteiger partial charge >= 0.3 is 5.97 Å². The number of ether oxygens (including phenoxy) is 2. The number of esters is 1. The van der Waals surface area contributed by atoms with Crippen LogP contribution >= 0.6 is 11.6 Å². The second kappa shape index (κ2) is 7.25. The lowest BCUT2D eigenvalue weighted by Gasteiger charge is -2.11. The lowest BCUT2D eigenvalue weighted by Crippen LogP contribution is -2.16. The molecule has 0 aliphatic heterocycles. The summed E-state index contributed by atoms with van der Waals surface area (Å²) in [6.07, 6.45) is 0.349. The molecule has 88 valence electrons. The summed E-state index contributed by atoms with van der Waals surface area (Å²) in [5.74, 6) is -0.269. The van der Waals surface area contributed by atoms with E-state index < -0.39 is 5.56 Å². The molecule has 1 aromatic rings. The molecule has 0 amide bonds. The van der Waals surface area contributed by atoms with E-state index in [1.54, 1.807) is 6.92 Å². The number of rotatable bonds is 6. The van der Waals surface area contributed by atoms with Crippen LogP contribution in [-0.4, -0.2) is 18.1 Å². The highest BCUT2D eigenvalue weighted by Gasteiger charge is 2.07. The van der Waals surface area contributed by atoms with Crippen molar-refractivity contribution in [2.24, 2.45) is 0 Å². The zero-order chi connectivity index (χ0) is 11.8. The fourth-order valence-corrected chi connectivity index (χ4v) is 1.20. The highest BCUT2D eigenvalue weighted by molar-refractivity contribution is 6.19. The van der Waals surface area contributed by atoms with Gasteiger partial charge in [-0.05, 0) is 5.56 Å². The summed E-state index contributed by atoms with van der Waals surface area (Å²) in [5, 5.41) is 0. The number of halogens is 1. The largest absolute Gasteiger partial charge is 0.462 e. The molecule has 1 rings (SSSR count). The van der Waals surface area contributed by atoms with Crippen molar-refractivity contribution in [2.75, 3.05) is 6.61 Å². The second-order valence-electron chi connectivity index (χ2n) is 3.24. The molecule has 0 radical (unpaired) electrons. The Morgan fingerprint density at radius 1 is 1.38 bits per heavy atom. The topological polar surface area (TPSA) is 35.5 Å². The second-order valence-corrected chi connectivity index (χ2v) is 3.73. The number of hydrogen-bond acceptors (Lipinski definition) is 3. The molecule has 0 spiro atoms. The van der Waals surface area contributed by atoms with E-state index in [0.29, 0.717) is 13.0 Å². The van der Waals surface area contributed by atoms with Crippen molar-refractivity contribution in [3.8, 4) is 0 Å². The van der Waals surface area contributed by atoms with E-state index in [9.17, 15) is 4.79 Å². The number of carbonyl (C=O) groups excluding carboxylic acids is 1. The molecule has 0 heterocycles. The monoisotopic (exact) mass is 242 g/mol. The first-order valence-corrected chi connectivity index (χ1v) is 5.61. The smallest absolute Gasteiger partial charge is 0.305 e. The Morgan fingerprint density at radius 3 is 2.69 bits per heavy atom. The Balaban J connectivity index is 2.20. The fourth-order valence-electron chi connectivity index (χ4n) is 1.07. The summed E-state index contributed by atoms with van der Waals surface area (Å²) in [7, 11) is 0. The van der Waals surface area contributed by atoms with Gasteiger partial charge in [-0.2, -0.15) is 0 Å². The van der Waals surface area contributed by atoms with E-state index in [0.717, 1.165) is 5.56 Å². The van der Waals surface area contributed by atoms with Crippen LogP contribution < -0.4 is 0 Å². The highest BCUT2D eigenvalue weighted by Crippen LogP contribution is 2.06. The minimum atomic E-state index is -0.601. The van der Waals surface area contributed by atoms with Crippen LogP contribution in [0.5, 0.6) is 0 Å². The Morgan fingerprint density at radius 2 is 2.06 bits per heavy atom. The van der Waals surface area contributed by atoms with Gasteiger partial charge in [-0.3, -0.25) is 4.79 Å². The lowest BCUT2D eigenvalue weighted by atomic mass is 10.2. The maximum absolute atomic E-state index is 10.9. The zero-order valence-corrected chi connectivity index (χ0v) is 9.94. The summed E-state index contributed by atoms with van der Waals surface area (Å²) in [5.41, 5.74) is 0.436. The molecule has 4 heteroatoms. The third-order valence-corrected chi connectivity index (χ3v) is 2.19. The standard InChI is InChI=1S/C12H15ClO3/c1-2-12(14)16-9-11(13)15-8-10-6-4-3-5-7-10/h3-7,11H,2,8-9H2,1H3. The molecule has 1 aromatic carbocycles. The predicted molar refractivity (Wildman–Crippen MR) is 62.1 cm³/mol. The fraction of sp³-hybridized carbons (Fsp3) is 0.417. The number of benzene rings is 1. The number of hydrogen-bond donors (Lipinski definition) is 0. The number of alkyl halides is 1. The quantitative estimate of drug-likeness (QED) is 0.568. The van der Waals surface area contributed by atoms with Gasteiger partial charge in [0.1, 0.15) is 6.61 Å². The molecular formula is C12H15ClO3. The Hall–Kier alpha value is -1.06. The Kier molecular flexibility index (Phi) is 5.90. The van der Waals surface area contributed by atoms with Crippen molar-refractivity contribution in [3.63, 3.8) is 0 Å². The predicted octanol–water partition coefficient (Wildman–Crippen LogP) is 2.72. The molecule has 0 aliphatic carbocycles. The van der Waals surface area contributed by atoms with Crippen LogP contribution in [0.15, 0.2) is 30.3 Å². The van der Waals surface area contributed by atoms with Crippen LogP contribution in [0.4, 0.5) is 0 Å². The van der Waals surface area contributed by atoms with Crippen LogP contribution in [-0.2, 0) is 20.9 Å². The van der Waals surface area contributed by atoms with Gasteiger partial charge < -0.3 is 9.47 Å². The van der Waals surface area contributed by atoms with E-state index in [-0.39, 0.29) is 12.6 Å². The summed E-state index contributed by atoms with van der Waals surface area (Å²) in [6, 6.07) is 9.69. The van der Waals surface area contributed by atoms with E-state index in [1.165, 1.54) is 0 Å². The van der Waals surface area contributed by atoms with Crippen molar-refractivity contribution in [1.29, 1.82) is 0 Å². The minimum Gasteiger partial charge on any atom is -0.462 e. The Labute approximate surface area is 100 Å². The van der Waals surface area contributed by atoms with Gasteiger partial charge in [0.25, 0.3) is 0 Å². The average Bonchev–Trinajstić information content (AvgIpc) is 2.34. The summed E-state index contributed by atoms with van der Waals surface area (Å²) < 4.78 is 10.2. The van der Waals surface area contributed by atoms with Gasteiger partial charge in [0.2, 0.25) is 0 Å². The molecule has 0 saturated carbocycles. The first kappa shape index (κ1) is 13.0. The van der Waals surface area contributed by atoms with Crippen LogP contribution in [0.1, 0.15) is 18.9 Å². The molecule has 0 aromatic heterocycles. The normalized spacial score (nSPS) is 12.1. The van der Waals surface area contributed by atoms with Crippen LogP contribution in [0, 0.1) is 0 Å². The third kappa shape index (κ3) is 5.14.